The van der Waals surface area contributed by atoms with E-state index in [1.165, 1.54) is 0 Å². The smallest absolute Gasteiger partial charge is 0.149 e. The van der Waals surface area contributed by atoms with Gasteiger partial charge in [-0.2, -0.15) is 0 Å². The summed E-state index contributed by atoms with van der Waals surface area (Å²) in [6.07, 6.45) is -0.810. The number of nitrogen functional groups attached to an aromatic ring is 2. The highest BCUT2D eigenvalue weighted by atomic mass is 16.3. The number of nitrogens with zero attached hydrogens (tertiary/aromatic N) is 1. The van der Waals surface area contributed by atoms with Crippen LogP contribution in [0.4, 0.5) is 17.3 Å². The third kappa shape index (κ3) is 2.75. The second-order valence-corrected chi connectivity index (χ2v) is 2.89. The average Bonchev–Trinajstić information content (AvgIpc) is 2.19. The minimum Gasteiger partial charge on any atom is -0.396 e. The largest absolute Gasteiger partial charge is 0.396 e. The van der Waals surface area contributed by atoms with Crippen molar-refractivity contribution in [2.24, 2.45) is 0 Å². The fourth-order valence-corrected chi connectivity index (χ4v) is 0.871. The summed E-state index contributed by atoms with van der Waals surface area (Å²) in [5, 5.41) is 20.4. The Balaban J connectivity index is 2.55. The fourth-order valence-electron chi connectivity index (χ4n) is 0.871. The van der Waals surface area contributed by atoms with Gasteiger partial charge in [-0.3, -0.25) is 0 Å². The Bertz CT molecular complexity index is 305. The lowest BCUT2D eigenvalue weighted by Gasteiger charge is -2.10. The van der Waals surface area contributed by atoms with Crippen molar-refractivity contribution in [1.29, 1.82) is 0 Å². The van der Waals surface area contributed by atoms with Gasteiger partial charge in [0.15, 0.2) is 0 Å². The quantitative estimate of drug-likeness (QED) is 0.424. The first-order chi connectivity index (χ1) is 6.63. The molecule has 0 spiro atoms. The van der Waals surface area contributed by atoms with Gasteiger partial charge < -0.3 is 27.0 Å². The van der Waals surface area contributed by atoms with Crippen molar-refractivity contribution in [2.45, 2.75) is 6.10 Å². The van der Waals surface area contributed by atoms with E-state index < -0.39 is 6.10 Å². The molecule has 0 aliphatic carbocycles. The van der Waals surface area contributed by atoms with Gasteiger partial charge in [-0.05, 0) is 12.1 Å². The summed E-state index contributed by atoms with van der Waals surface area (Å²) in [6, 6.07) is 3.27. The highest BCUT2D eigenvalue weighted by molar-refractivity contribution is 5.61. The molecule has 0 amide bonds. The fraction of sp³-hybridized carbons (Fsp3) is 0.375. The van der Waals surface area contributed by atoms with Gasteiger partial charge in [-0.1, -0.05) is 0 Å². The summed E-state index contributed by atoms with van der Waals surface area (Å²) < 4.78 is 0. The van der Waals surface area contributed by atoms with E-state index in [4.69, 9.17) is 21.7 Å². The number of hydrogen-bond donors (Lipinski definition) is 5. The van der Waals surface area contributed by atoms with Crippen molar-refractivity contribution in [1.82, 2.24) is 4.98 Å². The van der Waals surface area contributed by atoms with Crippen LogP contribution in [0.25, 0.3) is 0 Å². The molecule has 0 radical (unpaired) electrons. The van der Waals surface area contributed by atoms with Crippen molar-refractivity contribution < 1.29 is 10.2 Å². The highest BCUT2D eigenvalue weighted by Crippen LogP contribution is 2.14. The van der Waals surface area contributed by atoms with E-state index in [0.717, 1.165) is 0 Å². The molecule has 1 aromatic rings. The molecule has 0 saturated carbocycles. The standard InChI is InChI=1S/C8H14N4O2/c9-6-1-2-7(12-8(6)10)11-3-5(14)4-13/h1-2,5,13-14H,3-4,9H2,(H3,10,11,12). The minimum atomic E-state index is -0.810. The third-order valence-electron chi connectivity index (χ3n) is 1.69. The van der Waals surface area contributed by atoms with Gasteiger partial charge in [0, 0.05) is 6.54 Å². The van der Waals surface area contributed by atoms with Crippen LogP contribution in [0.1, 0.15) is 0 Å². The summed E-state index contributed by atoms with van der Waals surface area (Å²) in [6.45, 7) is -0.0791. The molecule has 6 nitrogen and oxygen atoms in total. The number of aliphatic hydroxyl groups excluding tert-OH is 2. The second kappa shape index (κ2) is 4.64. The van der Waals surface area contributed by atoms with Crippen LogP contribution in [0.3, 0.4) is 0 Å². The zero-order valence-electron chi connectivity index (χ0n) is 7.64. The van der Waals surface area contributed by atoms with Crippen molar-refractivity contribution in [3.63, 3.8) is 0 Å². The van der Waals surface area contributed by atoms with E-state index in [1.807, 2.05) is 0 Å². The van der Waals surface area contributed by atoms with Gasteiger partial charge in [0.25, 0.3) is 0 Å². The normalized spacial score (nSPS) is 12.4. The molecule has 0 aromatic carbocycles. The topological polar surface area (TPSA) is 117 Å². The van der Waals surface area contributed by atoms with Gasteiger partial charge in [0.1, 0.15) is 11.6 Å². The van der Waals surface area contributed by atoms with Crippen LogP contribution in [-0.4, -0.2) is 34.5 Å². The Morgan fingerprint density at radius 3 is 2.71 bits per heavy atom. The molecular weight excluding hydrogens is 184 g/mol. The summed E-state index contributed by atoms with van der Waals surface area (Å²) in [4.78, 5) is 3.93. The Morgan fingerprint density at radius 1 is 1.43 bits per heavy atom. The predicted octanol–water partition coefficient (Wildman–Crippen LogP) is -0.989. The molecule has 14 heavy (non-hydrogen) atoms. The molecule has 7 N–H and O–H groups in total. The van der Waals surface area contributed by atoms with Gasteiger partial charge in [-0.15, -0.1) is 0 Å². The van der Waals surface area contributed by atoms with Crippen LogP contribution in [0, 0.1) is 0 Å². The lowest BCUT2D eigenvalue weighted by molar-refractivity contribution is 0.105. The number of nitrogens with one attached hydrogen (secondary N) is 1. The molecule has 0 bridgehead atoms. The monoisotopic (exact) mass is 198 g/mol. The third-order valence-corrected chi connectivity index (χ3v) is 1.69. The van der Waals surface area contributed by atoms with Crippen molar-refractivity contribution >= 4 is 17.3 Å². The maximum Gasteiger partial charge on any atom is 0.149 e. The van der Waals surface area contributed by atoms with Crippen LogP contribution in [0.5, 0.6) is 0 Å². The van der Waals surface area contributed by atoms with Crippen molar-refractivity contribution in [3.05, 3.63) is 12.1 Å². The zero-order chi connectivity index (χ0) is 10.6. The van der Waals surface area contributed by atoms with Crippen molar-refractivity contribution in [3.8, 4) is 0 Å². The van der Waals surface area contributed by atoms with Gasteiger partial charge in [0.2, 0.25) is 0 Å². The Kier molecular flexibility index (Phi) is 3.49. The summed E-state index contributed by atoms with van der Waals surface area (Å²) >= 11 is 0. The maximum atomic E-state index is 9.05. The van der Waals surface area contributed by atoms with Crippen LogP contribution >= 0.6 is 0 Å². The van der Waals surface area contributed by atoms with Crippen LogP contribution in [0.2, 0.25) is 0 Å². The van der Waals surface area contributed by atoms with E-state index in [0.29, 0.717) is 11.5 Å². The Labute approximate surface area is 81.6 Å². The number of hydrogen-bond acceptors (Lipinski definition) is 6. The summed E-state index contributed by atoms with van der Waals surface area (Å²) in [5.74, 6) is 0.762. The molecule has 6 heteroatoms. The molecule has 1 heterocycles. The number of nitrogens with two attached hydrogens (primary N) is 2. The molecule has 0 fully saturated rings. The number of rotatable bonds is 4. The van der Waals surface area contributed by atoms with Crippen LogP contribution < -0.4 is 16.8 Å². The summed E-state index contributed by atoms with van der Waals surface area (Å²) in [7, 11) is 0. The van der Waals surface area contributed by atoms with Gasteiger partial charge in [-0.25, -0.2) is 4.98 Å². The van der Waals surface area contributed by atoms with E-state index in [2.05, 4.69) is 10.3 Å². The number of aromatic nitrogens is 1. The molecule has 1 unspecified atom stereocenters. The van der Waals surface area contributed by atoms with Gasteiger partial charge in [0.05, 0.1) is 18.4 Å². The molecular formula is C8H14N4O2. The van der Waals surface area contributed by atoms with E-state index in [1.54, 1.807) is 12.1 Å². The highest BCUT2D eigenvalue weighted by Gasteiger charge is 2.03. The molecule has 1 rings (SSSR count). The van der Waals surface area contributed by atoms with Crippen LogP contribution in [0.15, 0.2) is 12.1 Å². The molecule has 78 valence electrons. The first kappa shape index (κ1) is 10.6. The molecule has 0 saturated heterocycles. The maximum absolute atomic E-state index is 9.05. The van der Waals surface area contributed by atoms with Crippen LogP contribution in [-0.2, 0) is 0 Å². The summed E-state index contributed by atoms with van der Waals surface area (Å²) in [5.41, 5.74) is 11.4. The van der Waals surface area contributed by atoms with E-state index in [9.17, 15) is 0 Å². The lowest BCUT2D eigenvalue weighted by atomic mass is 10.3. The number of pyridine rings is 1. The molecule has 0 aliphatic heterocycles. The second-order valence-electron chi connectivity index (χ2n) is 2.89. The Hall–Kier alpha value is -1.53. The molecule has 1 atom stereocenters. The minimum absolute atomic E-state index is 0.215. The van der Waals surface area contributed by atoms with Crippen molar-refractivity contribution in [2.75, 3.05) is 29.9 Å². The van der Waals surface area contributed by atoms with Gasteiger partial charge >= 0.3 is 0 Å². The average molecular weight is 198 g/mol. The molecule has 1 aromatic heterocycles. The van der Waals surface area contributed by atoms with E-state index in [-0.39, 0.29) is 19.0 Å². The Morgan fingerprint density at radius 2 is 2.14 bits per heavy atom. The number of aliphatic hydroxyl groups is 2. The first-order valence-corrected chi connectivity index (χ1v) is 4.18. The first-order valence-electron chi connectivity index (χ1n) is 4.18. The lowest BCUT2D eigenvalue weighted by Crippen LogP contribution is -2.23. The zero-order valence-corrected chi connectivity index (χ0v) is 7.64. The molecule has 0 aliphatic rings. The number of anilines is 3. The predicted molar refractivity (Wildman–Crippen MR) is 54.6 cm³/mol. The van der Waals surface area contributed by atoms with E-state index >= 15 is 0 Å². The SMILES string of the molecule is Nc1ccc(NCC(O)CO)nc1N.